The number of amides is 1. The van der Waals surface area contributed by atoms with Crippen LogP contribution in [-0.2, 0) is 11.2 Å². The second-order valence-corrected chi connectivity index (χ2v) is 5.42. The Hall–Kier alpha value is -1.69. The highest BCUT2D eigenvalue weighted by Gasteiger charge is 2.22. The first-order valence-corrected chi connectivity index (χ1v) is 7.36. The van der Waals surface area contributed by atoms with Crippen LogP contribution in [0.15, 0.2) is 4.79 Å². The maximum Gasteiger partial charge on any atom is 0.254 e. The maximum absolute atomic E-state index is 11.8. The van der Waals surface area contributed by atoms with E-state index in [-0.39, 0.29) is 24.4 Å². The van der Waals surface area contributed by atoms with E-state index < -0.39 is 5.60 Å². The Kier molecular flexibility index (Phi) is 6.08. The number of aryl methyl sites for hydroxylation is 2. The number of aliphatic hydroxyl groups is 1. The van der Waals surface area contributed by atoms with Gasteiger partial charge in [-0.3, -0.25) is 9.59 Å². The molecular formula is C15H25N3O3. The summed E-state index contributed by atoms with van der Waals surface area (Å²) < 4.78 is 0. The lowest BCUT2D eigenvalue weighted by Gasteiger charge is -2.25. The van der Waals surface area contributed by atoms with Crippen molar-refractivity contribution in [3.8, 4) is 0 Å². The molecule has 0 spiro atoms. The highest BCUT2D eigenvalue weighted by atomic mass is 16.3. The molecule has 1 rings (SSSR count). The molecule has 0 unspecified atom stereocenters. The third-order valence-corrected chi connectivity index (χ3v) is 3.87. The summed E-state index contributed by atoms with van der Waals surface area (Å²) in [7, 11) is 0. The predicted octanol–water partition coefficient (Wildman–Crippen LogP) is 0.987. The van der Waals surface area contributed by atoms with Gasteiger partial charge in [-0.05, 0) is 33.1 Å². The van der Waals surface area contributed by atoms with Crippen LogP contribution < -0.4 is 10.9 Å². The monoisotopic (exact) mass is 295 g/mol. The number of H-pyrrole nitrogens is 1. The number of aromatic nitrogens is 2. The van der Waals surface area contributed by atoms with Crippen molar-refractivity contribution >= 4 is 5.91 Å². The van der Waals surface area contributed by atoms with E-state index in [0.717, 1.165) is 0 Å². The van der Waals surface area contributed by atoms with Crippen molar-refractivity contribution in [2.24, 2.45) is 0 Å². The molecule has 0 bridgehead atoms. The van der Waals surface area contributed by atoms with Crippen LogP contribution in [0.3, 0.4) is 0 Å². The summed E-state index contributed by atoms with van der Waals surface area (Å²) >= 11 is 0. The van der Waals surface area contributed by atoms with E-state index in [1.165, 1.54) is 0 Å². The Balaban J connectivity index is 2.57. The van der Waals surface area contributed by atoms with Gasteiger partial charge in [-0.15, -0.1) is 0 Å². The van der Waals surface area contributed by atoms with Crippen LogP contribution in [0.25, 0.3) is 0 Å². The lowest BCUT2D eigenvalue weighted by molar-refractivity contribution is -0.122. The van der Waals surface area contributed by atoms with E-state index in [1.54, 1.807) is 13.8 Å². The largest absolute Gasteiger partial charge is 0.388 e. The van der Waals surface area contributed by atoms with Crippen molar-refractivity contribution in [3.05, 3.63) is 27.4 Å². The predicted molar refractivity (Wildman–Crippen MR) is 81.2 cm³/mol. The fourth-order valence-electron chi connectivity index (χ4n) is 2.14. The number of hydrogen-bond acceptors (Lipinski definition) is 4. The quantitative estimate of drug-likeness (QED) is 0.699. The van der Waals surface area contributed by atoms with Gasteiger partial charge >= 0.3 is 0 Å². The zero-order valence-electron chi connectivity index (χ0n) is 13.2. The standard InChI is InChI=1S/C15H25N3O3/c1-5-15(21,6-2)9-16-13(19)8-7-12-10(3)17-11(4)18-14(12)20/h21H,5-9H2,1-4H3,(H,16,19)(H,17,18,20). The van der Waals surface area contributed by atoms with Crippen molar-refractivity contribution in [1.29, 1.82) is 0 Å². The molecule has 118 valence electrons. The molecule has 0 radical (unpaired) electrons. The van der Waals surface area contributed by atoms with Gasteiger partial charge in [-0.25, -0.2) is 4.98 Å². The van der Waals surface area contributed by atoms with Crippen molar-refractivity contribution in [2.45, 2.75) is 59.0 Å². The van der Waals surface area contributed by atoms with Crippen LogP contribution in [0.1, 0.15) is 50.2 Å². The Morgan fingerprint density at radius 1 is 1.33 bits per heavy atom. The topological polar surface area (TPSA) is 95.1 Å². The smallest absolute Gasteiger partial charge is 0.254 e. The first kappa shape index (κ1) is 17.4. The first-order valence-electron chi connectivity index (χ1n) is 7.36. The molecule has 0 saturated carbocycles. The van der Waals surface area contributed by atoms with Gasteiger partial charge in [0.05, 0.1) is 5.60 Å². The van der Waals surface area contributed by atoms with Gasteiger partial charge in [0.25, 0.3) is 5.56 Å². The molecule has 0 aliphatic rings. The lowest BCUT2D eigenvalue weighted by Crippen LogP contribution is -2.42. The zero-order valence-corrected chi connectivity index (χ0v) is 13.2. The molecule has 1 aromatic heterocycles. The Bertz CT molecular complexity index is 548. The average Bonchev–Trinajstić information content (AvgIpc) is 2.43. The summed E-state index contributed by atoms with van der Waals surface area (Å²) in [6.07, 6.45) is 1.73. The highest BCUT2D eigenvalue weighted by Crippen LogP contribution is 2.13. The van der Waals surface area contributed by atoms with Gasteiger partial charge in [0, 0.05) is 24.2 Å². The Labute approximate surface area is 125 Å². The van der Waals surface area contributed by atoms with Crippen LogP contribution in [0.5, 0.6) is 0 Å². The third-order valence-electron chi connectivity index (χ3n) is 3.87. The Morgan fingerprint density at radius 2 is 1.95 bits per heavy atom. The Morgan fingerprint density at radius 3 is 2.48 bits per heavy atom. The van der Waals surface area contributed by atoms with Gasteiger partial charge in [0.15, 0.2) is 0 Å². The normalized spacial score (nSPS) is 11.5. The molecule has 0 aromatic carbocycles. The second kappa shape index (κ2) is 7.36. The number of aromatic amines is 1. The van der Waals surface area contributed by atoms with E-state index in [9.17, 15) is 14.7 Å². The summed E-state index contributed by atoms with van der Waals surface area (Å²) in [6.45, 7) is 7.50. The molecule has 0 atom stereocenters. The molecule has 3 N–H and O–H groups in total. The van der Waals surface area contributed by atoms with E-state index in [2.05, 4.69) is 15.3 Å². The van der Waals surface area contributed by atoms with Gasteiger partial charge in [-0.2, -0.15) is 0 Å². The summed E-state index contributed by atoms with van der Waals surface area (Å²) in [6, 6.07) is 0. The van der Waals surface area contributed by atoms with E-state index in [1.807, 2.05) is 13.8 Å². The van der Waals surface area contributed by atoms with Gasteiger partial charge < -0.3 is 15.4 Å². The van der Waals surface area contributed by atoms with Gasteiger partial charge in [0.2, 0.25) is 5.91 Å². The number of nitrogens with zero attached hydrogens (tertiary/aromatic N) is 1. The van der Waals surface area contributed by atoms with Crippen molar-refractivity contribution < 1.29 is 9.90 Å². The first-order chi connectivity index (χ1) is 9.81. The van der Waals surface area contributed by atoms with E-state index in [4.69, 9.17) is 0 Å². The molecule has 0 fully saturated rings. The molecule has 6 nitrogen and oxygen atoms in total. The fourth-order valence-corrected chi connectivity index (χ4v) is 2.14. The van der Waals surface area contributed by atoms with E-state index in [0.29, 0.717) is 36.3 Å². The van der Waals surface area contributed by atoms with Gasteiger partial charge in [0.1, 0.15) is 5.82 Å². The minimum Gasteiger partial charge on any atom is -0.388 e. The summed E-state index contributed by atoms with van der Waals surface area (Å²) in [5, 5.41) is 12.8. The summed E-state index contributed by atoms with van der Waals surface area (Å²) in [5.74, 6) is 0.399. The number of carbonyl (C=O) groups excluding carboxylic acids is 1. The number of nitrogens with one attached hydrogen (secondary N) is 2. The number of carbonyl (C=O) groups is 1. The molecule has 0 aliphatic carbocycles. The number of hydrogen-bond donors (Lipinski definition) is 3. The fraction of sp³-hybridized carbons (Fsp3) is 0.667. The molecule has 1 amide bonds. The summed E-state index contributed by atoms with van der Waals surface area (Å²) in [5.41, 5.74) is 0.153. The third kappa shape index (κ3) is 4.97. The number of rotatable bonds is 7. The van der Waals surface area contributed by atoms with Crippen LogP contribution >= 0.6 is 0 Å². The van der Waals surface area contributed by atoms with Crippen molar-refractivity contribution in [1.82, 2.24) is 15.3 Å². The van der Waals surface area contributed by atoms with Crippen molar-refractivity contribution in [3.63, 3.8) is 0 Å². The molecule has 21 heavy (non-hydrogen) atoms. The maximum atomic E-state index is 11.8. The molecule has 1 heterocycles. The summed E-state index contributed by atoms with van der Waals surface area (Å²) in [4.78, 5) is 30.5. The molecular weight excluding hydrogens is 270 g/mol. The minimum absolute atomic E-state index is 0.172. The molecule has 6 heteroatoms. The lowest BCUT2D eigenvalue weighted by atomic mass is 9.97. The van der Waals surface area contributed by atoms with Crippen LogP contribution in [0, 0.1) is 13.8 Å². The highest BCUT2D eigenvalue weighted by molar-refractivity contribution is 5.76. The van der Waals surface area contributed by atoms with E-state index >= 15 is 0 Å². The second-order valence-electron chi connectivity index (χ2n) is 5.42. The van der Waals surface area contributed by atoms with Crippen molar-refractivity contribution in [2.75, 3.05) is 6.54 Å². The van der Waals surface area contributed by atoms with Crippen LogP contribution in [0.2, 0.25) is 0 Å². The minimum atomic E-state index is -0.853. The van der Waals surface area contributed by atoms with Crippen LogP contribution in [-0.4, -0.2) is 33.1 Å². The zero-order chi connectivity index (χ0) is 16.0. The average molecular weight is 295 g/mol. The molecule has 1 aromatic rings. The van der Waals surface area contributed by atoms with Gasteiger partial charge in [-0.1, -0.05) is 13.8 Å². The SMILES string of the molecule is CCC(O)(CC)CNC(=O)CCc1c(C)nc(C)[nH]c1=O. The molecule has 0 aliphatic heterocycles. The van der Waals surface area contributed by atoms with Crippen LogP contribution in [0.4, 0.5) is 0 Å². The molecule has 0 saturated heterocycles.